The van der Waals surface area contributed by atoms with Gasteiger partial charge in [0, 0.05) is 11.8 Å². The largest absolute Gasteiger partial charge is 0.447 e. The van der Waals surface area contributed by atoms with Crippen LogP contribution < -0.4 is 9.47 Å². The lowest BCUT2D eigenvalue weighted by molar-refractivity contribution is 0.349. The molecule has 1 aromatic heterocycles. The fourth-order valence-corrected chi connectivity index (χ4v) is 6.51. The molecule has 1 aliphatic rings. The van der Waals surface area contributed by atoms with Gasteiger partial charge < -0.3 is 9.47 Å². The normalized spacial score (nSPS) is 12.0. The van der Waals surface area contributed by atoms with Crippen molar-refractivity contribution in [1.29, 1.82) is 0 Å². The van der Waals surface area contributed by atoms with Crippen LogP contribution in [0.2, 0.25) is 0 Å². The van der Waals surface area contributed by atoms with Crippen molar-refractivity contribution in [3.8, 4) is 56.5 Å². The van der Waals surface area contributed by atoms with Crippen molar-refractivity contribution < 1.29 is 9.47 Å². The predicted octanol–water partition coefficient (Wildman–Crippen LogP) is 11.4. The molecule has 9 rings (SSSR count). The molecule has 3 heteroatoms. The van der Waals surface area contributed by atoms with Gasteiger partial charge in [-0.2, -0.15) is 0 Å². The maximum atomic E-state index is 6.29. The highest BCUT2D eigenvalue weighted by Gasteiger charge is 2.23. The second-order valence-corrected chi connectivity index (χ2v) is 11.2. The Labute approximate surface area is 254 Å². The molecule has 2 heterocycles. The van der Waals surface area contributed by atoms with Crippen molar-refractivity contribution in [3.05, 3.63) is 152 Å². The minimum Gasteiger partial charge on any atom is -0.447 e. The smallest absolute Gasteiger partial charge is 0.263 e. The summed E-state index contributed by atoms with van der Waals surface area (Å²) < 4.78 is 12.4. The van der Waals surface area contributed by atoms with Gasteiger partial charge in [-0.05, 0) is 96.5 Å². The third-order valence-electron chi connectivity index (χ3n) is 8.58. The summed E-state index contributed by atoms with van der Waals surface area (Å²) in [6.45, 7) is 0. The second-order valence-electron chi connectivity index (χ2n) is 11.2. The number of hydrogen-bond donors (Lipinski definition) is 0. The van der Waals surface area contributed by atoms with Crippen LogP contribution in [0.5, 0.6) is 23.1 Å². The Morgan fingerprint density at radius 2 is 0.909 bits per heavy atom. The van der Waals surface area contributed by atoms with Crippen LogP contribution in [0.3, 0.4) is 0 Å². The highest BCUT2D eigenvalue weighted by atomic mass is 16.6. The molecule has 0 aliphatic carbocycles. The van der Waals surface area contributed by atoms with Gasteiger partial charge in [-0.15, -0.1) is 0 Å². The summed E-state index contributed by atoms with van der Waals surface area (Å²) in [5, 5.41) is 7.70. The molecule has 0 spiro atoms. The van der Waals surface area contributed by atoms with Gasteiger partial charge >= 0.3 is 0 Å². The second kappa shape index (κ2) is 9.82. The Morgan fingerprint density at radius 1 is 0.364 bits per heavy atom. The molecule has 206 valence electrons. The number of pyridine rings is 1. The number of benzene rings is 7. The number of aromatic nitrogens is 1. The third kappa shape index (κ3) is 3.94. The molecule has 0 atom stereocenters. The molecule has 3 nitrogen and oxygen atoms in total. The third-order valence-corrected chi connectivity index (χ3v) is 8.58. The molecule has 7 aromatic carbocycles. The predicted molar refractivity (Wildman–Crippen MR) is 180 cm³/mol. The Bertz CT molecular complexity index is 2370. The van der Waals surface area contributed by atoms with Gasteiger partial charge in [0.2, 0.25) is 0 Å². The van der Waals surface area contributed by atoms with E-state index in [0.717, 1.165) is 22.3 Å². The first-order chi connectivity index (χ1) is 21.8. The van der Waals surface area contributed by atoms with Crippen molar-refractivity contribution in [2.24, 2.45) is 0 Å². The maximum Gasteiger partial charge on any atom is 0.263 e. The molecule has 0 saturated heterocycles. The fourth-order valence-electron chi connectivity index (χ4n) is 6.51. The van der Waals surface area contributed by atoms with Crippen molar-refractivity contribution in [2.45, 2.75) is 0 Å². The van der Waals surface area contributed by atoms with E-state index in [0.29, 0.717) is 23.1 Å². The summed E-state index contributed by atoms with van der Waals surface area (Å²) in [6, 6.07) is 51.4. The van der Waals surface area contributed by atoms with E-state index in [1.807, 2.05) is 24.3 Å². The van der Waals surface area contributed by atoms with Gasteiger partial charge in [0.05, 0.1) is 0 Å². The van der Waals surface area contributed by atoms with E-state index in [1.165, 1.54) is 43.4 Å². The molecule has 44 heavy (non-hydrogen) atoms. The van der Waals surface area contributed by atoms with Gasteiger partial charge in [-0.1, -0.05) is 109 Å². The van der Waals surface area contributed by atoms with Crippen molar-refractivity contribution >= 4 is 32.3 Å². The van der Waals surface area contributed by atoms with Crippen molar-refractivity contribution in [2.75, 3.05) is 0 Å². The maximum absolute atomic E-state index is 6.29. The number of hydrogen-bond acceptors (Lipinski definition) is 3. The molecule has 0 bridgehead atoms. The number of rotatable bonds is 3. The van der Waals surface area contributed by atoms with Crippen LogP contribution in [0.25, 0.3) is 65.7 Å². The van der Waals surface area contributed by atoms with Gasteiger partial charge in [-0.25, -0.2) is 4.98 Å². The number of nitrogens with zero attached hydrogens (tertiary/aromatic N) is 1. The van der Waals surface area contributed by atoms with Crippen LogP contribution in [-0.4, -0.2) is 4.98 Å². The van der Waals surface area contributed by atoms with E-state index in [1.54, 1.807) is 6.20 Å². The monoisotopic (exact) mass is 563 g/mol. The average Bonchev–Trinajstić information content (AvgIpc) is 3.10. The van der Waals surface area contributed by atoms with Gasteiger partial charge in [0.25, 0.3) is 5.88 Å². The molecular formula is C41H25NO2. The summed E-state index contributed by atoms with van der Waals surface area (Å²) in [5.74, 6) is 2.47. The summed E-state index contributed by atoms with van der Waals surface area (Å²) in [6.07, 6.45) is 1.71. The molecule has 1 aliphatic heterocycles. The van der Waals surface area contributed by atoms with Gasteiger partial charge in [0.1, 0.15) is 0 Å². The minimum atomic E-state index is 0.484. The first-order valence-electron chi connectivity index (χ1n) is 14.8. The summed E-state index contributed by atoms with van der Waals surface area (Å²) >= 11 is 0. The summed E-state index contributed by atoms with van der Waals surface area (Å²) in [4.78, 5) is 4.31. The molecule has 8 aromatic rings. The summed E-state index contributed by atoms with van der Waals surface area (Å²) in [7, 11) is 0. The standard InChI is InChI=1S/C41H25NO2/c1-2-15-34-32(13-1)33-14-3-4-16-35(33)37-25-29(20-21-36(34)37)27-10-5-9-26(23-27)28-11-6-12-30(24-28)31-17-7-18-38-40(31)43-39-19-8-22-42-41(39)44-38/h1-25H. The van der Waals surface area contributed by atoms with E-state index in [9.17, 15) is 0 Å². The van der Waals surface area contributed by atoms with Gasteiger partial charge in [0.15, 0.2) is 17.2 Å². The zero-order chi connectivity index (χ0) is 29.0. The van der Waals surface area contributed by atoms with E-state index >= 15 is 0 Å². The van der Waals surface area contributed by atoms with Crippen LogP contribution in [0.4, 0.5) is 0 Å². The van der Waals surface area contributed by atoms with Crippen molar-refractivity contribution in [1.82, 2.24) is 4.98 Å². The quantitative estimate of drug-likeness (QED) is 0.200. The Morgan fingerprint density at radius 3 is 1.61 bits per heavy atom. The van der Waals surface area contributed by atoms with Crippen LogP contribution in [0.15, 0.2) is 152 Å². The van der Waals surface area contributed by atoms with Crippen LogP contribution >= 0.6 is 0 Å². The Hall–Kier alpha value is -5.93. The highest BCUT2D eigenvalue weighted by molar-refractivity contribution is 6.25. The van der Waals surface area contributed by atoms with E-state index in [-0.39, 0.29) is 0 Å². The minimum absolute atomic E-state index is 0.484. The first kappa shape index (κ1) is 24.6. The SMILES string of the molecule is c1cc(-c2cccc(-c3cccc4c3Oc3cccnc3O4)c2)cc(-c2ccc3c4ccccc4c4ccccc4c3c2)c1. The van der Waals surface area contributed by atoms with Crippen LogP contribution in [0.1, 0.15) is 0 Å². The number of para-hydroxylation sites is 1. The fraction of sp³-hybridized carbons (Fsp3) is 0. The van der Waals surface area contributed by atoms with Gasteiger partial charge in [-0.3, -0.25) is 0 Å². The van der Waals surface area contributed by atoms with Crippen LogP contribution in [-0.2, 0) is 0 Å². The van der Waals surface area contributed by atoms with E-state index < -0.39 is 0 Å². The highest BCUT2D eigenvalue weighted by Crippen LogP contribution is 2.49. The molecule has 0 unspecified atom stereocenters. The molecule has 0 amide bonds. The molecular weight excluding hydrogens is 538 g/mol. The molecule has 0 fully saturated rings. The average molecular weight is 564 g/mol. The topological polar surface area (TPSA) is 31.4 Å². The summed E-state index contributed by atoms with van der Waals surface area (Å²) in [5.41, 5.74) is 6.71. The first-order valence-corrected chi connectivity index (χ1v) is 14.8. The van der Waals surface area contributed by atoms with Crippen LogP contribution in [0, 0.1) is 0 Å². The molecule has 0 radical (unpaired) electrons. The lowest BCUT2D eigenvalue weighted by Crippen LogP contribution is -2.01. The zero-order valence-corrected chi connectivity index (χ0v) is 23.7. The lowest BCUT2D eigenvalue weighted by atomic mass is 9.91. The van der Waals surface area contributed by atoms with E-state index in [2.05, 4.69) is 126 Å². The van der Waals surface area contributed by atoms with E-state index in [4.69, 9.17) is 9.47 Å². The Kier molecular flexibility index (Phi) is 5.50. The number of ether oxygens (including phenoxy) is 2. The lowest BCUT2D eigenvalue weighted by Gasteiger charge is -2.22. The molecule has 0 N–H and O–H groups in total. The zero-order valence-electron chi connectivity index (χ0n) is 23.7. The number of fused-ring (bicyclic) bond motifs is 8. The Balaban J connectivity index is 1.13. The van der Waals surface area contributed by atoms with Crippen molar-refractivity contribution in [3.63, 3.8) is 0 Å². The molecule has 0 saturated carbocycles.